The number of hydrogen-bond acceptors (Lipinski definition) is 2. The molecule has 0 aliphatic rings. The van der Waals surface area contributed by atoms with Gasteiger partial charge in [-0.2, -0.15) is 5.26 Å². The summed E-state index contributed by atoms with van der Waals surface area (Å²) in [6.45, 7) is 5.36. The smallest absolute Gasteiger partial charge is 0.104 e. The maximum Gasteiger partial charge on any atom is 0.104 e. The van der Waals surface area contributed by atoms with E-state index in [0.717, 1.165) is 0 Å². The molecule has 0 aliphatic heterocycles. The van der Waals surface area contributed by atoms with Gasteiger partial charge in [-0.15, -0.1) is 0 Å². The van der Waals surface area contributed by atoms with Crippen molar-refractivity contribution < 1.29 is 4.21 Å². The lowest BCUT2D eigenvalue weighted by molar-refractivity contribution is 0.659. The zero-order chi connectivity index (χ0) is 8.15. The molecule has 0 heterocycles. The molecule has 0 aromatic heterocycles. The second-order valence-corrected chi connectivity index (χ2v) is 4.09. The third-order valence-electron chi connectivity index (χ3n) is 0.915. The Kier molecular flexibility index (Phi) is 4.24. The lowest BCUT2D eigenvalue weighted by atomic mass is 10.4. The van der Waals surface area contributed by atoms with E-state index in [0.29, 0.717) is 0 Å². The molecule has 2 atom stereocenters. The van der Waals surface area contributed by atoms with Crippen molar-refractivity contribution in [3.63, 3.8) is 0 Å². The molecule has 1 N–H and O–H groups in total. The molecule has 0 fully saturated rings. The topological polar surface area (TPSA) is 52.9 Å². The molecule has 0 spiro atoms. The highest BCUT2D eigenvalue weighted by Gasteiger charge is 2.07. The minimum absolute atomic E-state index is 0.0656. The normalized spacial score (nSPS) is 16.3. The van der Waals surface area contributed by atoms with Crippen LogP contribution in [0.5, 0.6) is 0 Å². The lowest BCUT2D eigenvalue weighted by Crippen LogP contribution is -2.31. The molecule has 4 heteroatoms. The molecular formula is C6H12N2OS. The highest BCUT2D eigenvalue weighted by atomic mass is 32.2. The van der Waals surface area contributed by atoms with Crippen molar-refractivity contribution in [3.05, 3.63) is 0 Å². The van der Waals surface area contributed by atoms with Crippen molar-refractivity contribution in [1.82, 2.24) is 4.72 Å². The molecule has 10 heavy (non-hydrogen) atoms. The van der Waals surface area contributed by atoms with Crippen LogP contribution in [0.3, 0.4) is 0 Å². The van der Waals surface area contributed by atoms with Gasteiger partial charge in [0.2, 0.25) is 0 Å². The van der Waals surface area contributed by atoms with E-state index >= 15 is 0 Å². The van der Waals surface area contributed by atoms with Gasteiger partial charge < -0.3 is 0 Å². The van der Waals surface area contributed by atoms with Crippen LogP contribution >= 0.6 is 0 Å². The van der Waals surface area contributed by atoms with Crippen molar-refractivity contribution in [2.24, 2.45) is 0 Å². The summed E-state index contributed by atoms with van der Waals surface area (Å²) in [5, 5.41) is 8.38. The minimum Gasteiger partial charge on any atom is -0.243 e. The Balaban J connectivity index is 3.71. The summed E-state index contributed by atoms with van der Waals surface area (Å²) in [7, 11) is -1.07. The van der Waals surface area contributed by atoms with Crippen molar-refractivity contribution in [2.75, 3.05) is 0 Å². The van der Waals surface area contributed by atoms with Gasteiger partial charge in [-0.25, -0.2) is 8.93 Å². The predicted octanol–water partition coefficient (Wildman–Crippen LogP) is 0.560. The molecule has 0 amide bonds. The molecule has 3 nitrogen and oxygen atoms in total. The highest BCUT2D eigenvalue weighted by Crippen LogP contribution is 1.90. The average Bonchev–Trinajstić information content (AvgIpc) is 1.87. The first-order chi connectivity index (χ1) is 4.57. The van der Waals surface area contributed by atoms with Crippen LogP contribution in [0.25, 0.3) is 0 Å². The predicted molar refractivity (Wildman–Crippen MR) is 41.5 cm³/mol. The van der Waals surface area contributed by atoms with Crippen LogP contribution in [0.15, 0.2) is 0 Å². The fourth-order valence-corrected chi connectivity index (χ4v) is 1.01. The summed E-state index contributed by atoms with van der Waals surface area (Å²) in [6, 6.07) is 1.62. The van der Waals surface area contributed by atoms with E-state index in [2.05, 4.69) is 4.72 Å². The number of nitriles is 1. The third kappa shape index (κ3) is 3.59. The van der Waals surface area contributed by atoms with E-state index in [1.54, 1.807) is 6.92 Å². The number of rotatable bonds is 3. The summed E-state index contributed by atoms with van der Waals surface area (Å²) in [4.78, 5) is 0. The van der Waals surface area contributed by atoms with Crippen LogP contribution in [-0.2, 0) is 11.0 Å². The van der Waals surface area contributed by atoms with Crippen LogP contribution in [0, 0.1) is 11.3 Å². The first-order valence-electron chi connectivity index (χ1n) is 3.14. The Morgan fingerprint density at radius 3 is 2.30 bits per heavy atom. The Morgan fingerprint density at radius 1 is 1.50 bits per heavy atom. The van der Waals surface area contributed by atoms with Crippen LogP contribution in [-0.4, -0.2) is 15.5 Å². The maximum atomic E-state index is 11.0. The van der Waals surface area contributed by atoms with Gasteiger partial charge in [-0.1, -0.05) is 0 Å². The third-order valence-corrected chi connectivity index (χ3v) is 2.36. The first kappa shape index (κ1) is 9.60. The lowest BCUT2D eigenvalue weighted by Gasteiger charge is -2.07. The Hall–Kier alpha value is -0.400. The maximum absolute atomic E-state index is 11.0. The summed E-state index contributed by atoms with van der Waals surface area (Å²) in [6.07, 6.45) is 0. The van der Waals surface area contributed by atoms with E-state index in [1.165, 1.54) is 0 Å². The molecule has 2 unspecified atom stereocenters. The monoisotopic (exact) mass is 160 g/mol. The summed E-state index contributed by atoms with van der Waals surface area (Å²) in [5.41, 5.74) is 0. The first-order valence-corrected chi connectivity index (χ1v) is 4.35. The van der Waals surface area contributed by atoms with Gasteiger partial charge >= 0.3 is 0 Å². The van der Waals surface area contributed by atoms with Gasteiger partial charge in [0.25, 0.3) is 0 Å². The molecule has 0 saturated carbocycles. The Labute approximate surface area is 64.0 Å². The van der Waals surface area contributed by atoms with Crippen molar-refractivity contribution in [2.45, 2.75) is 32.1 Å². The fourth-order valence-electron chi connectivity index (χ4n) is 0.337. The molecule has 0 aliphatic carbocycles. The molecule has 0 bridgehead atoms. The summed E-state index contributed by atoms with van der Waals surface area (Å²) < 4.78 is 13.6. The number of nitrogens with one attached hydrogen (secondary N) is 1. The molecule has 0 aromatic carbocycles. The second-order valence-electron chi connectivity index (χ2n) is 2.31. The molecule has 0 saturated heterocycles. The molecule has 58 valence electrons. The van der Waals surface area contributed by atoms with Crippen molar-refractivity contribution in [3.8, 4) is 6.07 Å². The van der Waals surface area contributed by atoms with Crippen LogP contribution < -0.4 is 4.72 Å². The Morgan fingerprint density at radius 2 is 2.00 bits per heavy atom. The standard InChI is InChI=1S/C6H12N2OS/c1-5(2)10(9)8-6(3)4-7/h5-6,8H,1-3H3. The molecule has 0 radical (unpaired) electrons. The quantitative estimate of drug-likeness (QED) is 0.656. The van der Waals surface area contributed by atoms with E-state index in [9.17, 15) is 4.21 Å². The highest BCUT2D eigenvalue weighted by molar-refractivity contribution is 7.83. The molecule has 0 rings (SSSR count). The zero-order valence-electron chi connectivity index (χ0n) is 6.42. The average molecular weight is 160 g/mol. The van der Waals surface area contributed by atoms with E-state index in [1.807, 2.05) is 19.9 Å². The summed E-state index contributed by atoms with van der Waals surface area (Å²) in [5.74, 6) is 0. The number of hydrogen-bond donors (Lipinski definition) is 1. The van der Waals surface area contributed by atoms with Gasteiger partial charge in [0.15, 0.2) is 0 Å². The van der Waals surface area contributed by atoms with Gasteiger partial charge in [0.05, 0.1) is 17.1 Å². The van der Waals surface area contributed by atoms with E-state index in [4.69, 9.17) is 5.26 Å². The van der Waals surface area contributed by atoms with Gasteiger partial charge in [-0.05, 0) is 20.8 Å². The van der Waals surface area contributed by atoms with Crippen molar-refractivity contribution >= 4 is 11.0 Å². The number of nitrogens with zero attached hydrogens (tertiary/aromatic N) is 1. The molecular weight excluding hydrogens is 148 g/mol. The fraction of sp³-hybridized carbons (Fsp3) is 0.833. The van der Waals surface area contributed by atoms with Crippen LogP contribution in [0.1, 0.15) is 20.8 Å². The van der Waals surface area contributed by atoms with Crippen molar-refractivity contribution in [1.29, 1.82) is 5.26 Å². The SMILES string of the molecule is CC(C#N)NS(=O)C(C)C. The van der Waals surface area contributed by atoms with E-state index in [-0.39, 0.29) is 11.3 Å². The van der Waals surface area contributed by atoms with Crippen LogP contribution in [0.4, 0.5) is 0 Å². The van der Waals surface area contributed by atoms with Gasteiger partial charge in [0, 0.05) is 5.25 Å². The zero-order valence-corrected chi connectivity index (χ0v) is 7.23. The van der Waals surface area contributed by atoms with Gasteiger partial charge in [-0.3, -0.25) is 0 Å². The van der Waals surface area contributed by atoms with Gasteiger partial charge in [0.1, 0.15) is 6.04 Å². The largest absolute Gasteiger partial charge is 0.243 e. The minimum atomic E-state index is -1.07. The van der Waals surface area contributed by atoms with E-state index < -0.39 is 11.0 Å². The second kappa shape index (κ2) is 4.42. The molecule has 0 aromatic rings. The van der Waals surface area contributed by atoms with Crippen LogP contribution in [0.2, 0.25) is 0 Å². The Bertz CT molecular complexity index is 162. The summed E-state index contributed by atoms with van der Waals surface area (Å²) >= 11 is 0.